The van der Waals surface area contributed by atoms with Gasteiger partial charge in [-0.25, -0.2) is 9.97 Å². The van der Waals surface area contributed by atoms with Crippen molar-refractivity contribution >= 4 is 43.9 Å². The summed E-state index contributed by atoms with van der Waals surface area (Å²) < 4.78 is 6.79. The summed E-state index contributed by atoms with van der Waals surface area (Å²) in [6, 6.07) is 15.7. The van der Waals surface area contributed by atoms with Crippen LogP contribution in [0.2, 0.25) is 0 Å². The van der Waals surface area contributed by atoms with Gasteiger partial charge < -0.3 is 4.74 Å². The number of thiazole rings is 2. The average Bonchev–Trinajstić information content (AvgIpc) is 3.33. The number of benzene rings is 2. The van der Waals surface area contributed by atoms with Crippen LogP contribution in [-0.4, -0.2) is 22.9 Å². The van der Waals surface area contributed by atoms with E-state index in [0.29, 0.717) is 17.4 Å². The van der Waals surface area contributed by atoms with E-state index in [-0.39, 0.29) is 5.91 Å². The number of para-hydroxylation sites is 1. The van der Waals surface area contributed by atoms with Crippen molar-refractivity contribution in [2.75, 3.05) is 11.9 Å². The summed E-state index contributed by atoms with van der Waals surface area (Å²) in [5, 5.41) is 3.18. The van der Waals surface area contributed by atoms with Crippen LogP contribution in [0.1, 0.15) is 21.1 Å². The third kappa shape index (κ3) is 3.84. The molecule has 0 fully saturated rings. The van der Waals surface area contributed by atoms with Gasteiger partial charge in [0.25, 0.3) is 5.91 Å². The number of rotatable bonds is 5. The van der Waals surface area contributed by atoms with Crippen molar-refractivity contribution in [3.8, 4) is 5.75 Å². The van der Waals surface area contributed by atoms with Gasteiger partial charge in [0.2, 0.25) is 0 Å². The van der Waals surface area contributed by atoms with Crippen LogP contribution in [0, 0.1) is 6.92 Å². The minimum atomic E-state index is -0.174. The van der Waals surface area contributed by atoms with Crippen LogP contribution in [0.15, 0.2) is 53.9 Å². The first-order valence-corrected chi connectivity index (χ1v) is 10.1. The van der Waals surface area contributed by atoms with E-state index in [0.717, 1.165) is 21.0 Å². The number of fused-ring (bicyclic) bond motifs is 1. The first-order valence-electron chi connectivity index (χ1n) is 8.37. The Kier molecular flexibility index (Phi) is 4.87. The molecule has 0 bridgehead atoms. The summed E-state index contributed by atoms with van der Waals surface area (Å²) in [6.45, 7) is 2.37. The quantitative estimate of drug-likeness (QED) is 0.481. The van der Waals surface area contributed by atoms with Crippen molar-refractivity contribution in [2.24, 2.45) is 0 Å². The van der Waals surface area contributed by atoms with Gasteiger partial charge in [0.1, 0.15) is 23.1 Å². The van der Waals surface area contributed by atoms with E-state index in [1.54, 1.807) is 17.3 Å². The number of ether oxygens (including phenoxy) is 1. The molecule has 5 nitrogen and oxygen atoms in total. The van der Waals surface area contributed by atoms with Crippen molar-refractivity contribution < 1.29 is 9.53 Å². The zero-order chi connectivity index (χ0) is 18.8. The van der Waals surface area contributed by atoms with Gasteiger partial charge in [0.05, 0.1) is 10.2 Å². The molecular weight excluding hydrogens is 378 g/mol. The molecule has 4 rings (SSSR count). The molecule has 2 aromatic heterocycles. The number of hydrogen-bond acceptors (Lipinski definition) is 6. The molecular formula is C20H17N3O2S2. The molecule has 4 aromatic rings. The Balaban J connectivity index is 1.45. The molecule has 0 aliphatic rings. The van der Waals surface area contributed by atoms with Gasteiger partial charge in [-0.3, -0.25) is 9.69 Å². The van der Waals surface area contributed by atoms with Gasteiger partial charge in [0, 0.05) is 12.4 Å². The van der Waals surface area contributed by atoms with Crippen LogP contribution >= 0.6 is 22.7 Å². The van der Waals surface area contributed by atoms with E-state index >= 15 is 0 Å². The van der Waals surface area contributed by atoms with Gasteiger partial charge in [-0.1, -0.05) is 41.2 Å². The molecule has 0 aliphatic heterocycles. The molecule has 2 heterocycles. The van der Waals surface area contributed by atoms with Gasteiger partial charge in [-0.15, -0.1) is 11.3 Å². The number of aromatic nitrogens is 2. The SMILES string of the molecule is Cc1ccc(OCc2nc(C(=O)N(C)c3nc4ccccc4s3)cs2)cc1. The second-order valence-electron chi connectivity index (χ2n) is 6.06. The maximum Gasteiger partial charge on any atom is 0.279 e. The van der Waals surface area contributed by atoms with E-state index in [2.05, 4.69) is 9.97 Å². The van der Waals surface area contributed by atoms with E-state index in [4.69, 9.17) is 4.74 Å². The van der Waals surface area contributed by atoms with Gasteiger partial charge in [0.15, 0.2) is 5.13 Å². The Morgan fingerprint density at radius 1 is 1.11 bits per heavy atom. The fourth-order valence-electron chi connectivity index (χ4n) is 2.52. The third-order valence-corrected chi connectivity index (χ3v) is 5.96. The number of aryl methyl sites for hydroxylation is 1. The molecule has 27 heavy (non-hydrogen) atoms. The van der Waals surface area contributed by atoms with Crippen LogP contribution in [-0.2, 0) is 6.61 Å². The van der Waals surface area contributed by atoms with Crippen molar-refractivity contribution in [2.45, 2.75) is 13.5 Å². The predicted molar refractivity (Wildman–Crippen MR) is 110 cm³/mol. The summed E-state index contributed by atoms with van der Waals surface area (Å²) in [5.41, 5.74) is 2.48. The number of nitrogens with zero attached hydrogens (tertiary/aromatic N) is 3. The minimum absolute atomic E-state index is 0.174. The summed E-state index contributed by atoms with van der Waals surface area (Å²) in [5.74, 6) is 0.613. The highest BCUT2D eigenvalue weighted by atomic mass is 32.1. The summed E-state index contributed by atoms with van der Waals surface area (Å²) in [6.07, 6.45) is 0. The van der Waals surface area contributed by atoms with E-state index in [1.165, 1.54) is 28.2 Å². The standard InChI is InChI=1S/C20H17N3O2S2/c1-13-7-9-14(10-8-13)25-11-18-21-16(12-26-18)19(24)23(2)20-22-15-5-3-4-6-17(15)27-20/h3-10,12H,11H2,1-2H3. The van der Waals surface area contributed by atoms with E-state index in [9.17, 15) is 4.79 Å². The molecule has 0 unspecified atom stereocenters. The summed E-state index contributed by atoms with van der Waals surface area (Å²) in [4.78, 5) is 23.2. The molecule has 0 spiro atoms. The van der Waals surface area contributed by atoms with E-state index in [1.807, 2.05) is 55.5 Å². The lowest BCUT2D eigenvalue weighted by atomic mass is 10.2. The number of hydrogen-bond donors (Lipinski definition) is 0. The Hall–Kier alpha value is -2.77. The molecule has 136 valence electrons. The lowest BCUT2D eigenvalue weighted by Gasteiger charge is -2.11. The number of carbonyl (C=O) groups excluding carboxylic acids is 1. The molecule has 0 aliphatic carbocycles. The molecule has 0 saturated heterocycles. The average molecular weight is 396 g/mol. The fraction of sp³-hybridized carbons (Fsp3) is 0.150. The Morgan fingerprint density at radius 2 is 1.89 bits per heavy atom. The highest BCUT2D eigenvalue weighted by Crippen LogP contribution is 2.28. The second-order valence-corrected chi connectivity index (χ2v) is 8.01. The molecule has 0 atom stereocenters. The number of carbonyl (C=O) groups is 1. The third-order valence-electron chi connectivity index (χ3n) is 4.03. The van der Waals surface area contributed by atoms with Crippen LogP contribution < -0.4 is 9.64 Å². The first-order chi connectivity index (χ1) is 13.1. The van der Waals surface area contributed by atoms with Crippen LogP contribution in [0.5, 0.6) is 5.75 Å². The first kappa shape index (κ1) is 17.6. The molecule has 0 N–H and O–H groups in total. The van der Waals surface area contributed by atoms with Gasteiger partial charge in [-0.2, -0.15) is 0 Å². The summed E-state index contributed by atoms with van der Waals surface area (Å²) in [7, 11) is 1.72. The molecule has 2 aromatic carbocycles. The molecule has 7 heteroatoms. The molecule has 1 amide bonds. The predicted octanol–water partition coefficient (Wildman–Crippen LogP) is 4.92. The number of amides is 1. The Labute approximate surface area is 164 Å². The van der Waals surface area contributed by atoms with Crippen LogP contribution in [0.4, 0.5) is 5.13 Å². The monoisotopic (exact) mass is 395 g/mol. The molecule has 0 radical (unpaired) electrons. The fourth-order valence-corrected chi connectivity index (χ4v) is 4.12. The highest BCUT2D eigenvalue weighted by Gasteiger charge is 2.20. The zero-order valence-corrected chi connectivity index (χ0v) is 16.5. The Bertz CT molecular complexity index is 1050. The Morgan fingerprint density at radius 3 is 2.67 bits per heavy atom. The molecule has 0 saturated carbocycles. The smallest absolute Gasteiger partial charge is 0.279 e. The van der Waals surface area contributed by atoms with Crippen molar-refractivity contribution in [1.29, 1.82) is 0 Å². The maximum absolute atomic E-state index is 12.7. The normalized spacial score (nSPS) is 10.9. The largest absolute Gasteiger partial charge is 0.486 e. The van der Waals surface area contributed by atoms with Crippen LogP contribution in [0.3, 0.4) is 0 Å². The van der Waals surface area contributed by atoms with Crippen molar-refractivity contribution in [3.05, 3.63) is 70.2 Å². The zero-order valence-electron chi connectivity index (χ0n) is 14.9. The topological polar surface area (TPSA) is 55.3 Å². The van der Waals surface area contributed by atoms with Crippen LogP contribution in [0.25, 0.3) is 10.2 Å². The number of anilines is 1. The lowest BCUT2D eigenvalue weighted by Crippen LogP contribution is -2.26. The van der Waals surface area contributed by atoms with Crippen molar-refractivity contribution in [3.63, 3.8) is 0 Å². The van der Waals surface area contributed by atoms with Gasteiger partial charge in [-0.05, 0) is 31.2 Å². The highest BCUT2D eigenvalue weighted by molar-refractivity contribution is 7.22. The maximum atomic E-state index is 12.7. The minimum Gasteiger partial charge on any atom is -0.486 e. The second kappa shape index (κ2) is 7.46. The van der Waals surface area contributed by atoms with Gasteiger partial charge >= 0.3 is 0 Å². The van der Waals surface area contributed by atoms with E-state index < -0.39 is 0 Å². The summed E-state index contributed by atoms with van der Waals surface area (Å²) >= 11 is 2.91. The van der Waals surface area contributed by atoms with Crippen molar-refractivity contribution in [1.82, 2.24) is 9.97 Å². The lowest BCUT2D eigenvalue weighted by molar-refractivity contribution is 0.0988.